The minimum absolute atomic E-state index is 0.236. The van der Waals surface area contributed by atoms with E-state index in [0.29, 0.717) is 6.54 Å². The van der Waals surface area contributed by atoms with Gasteiger partial charge in [-0.1, -0.05) is 20.8 Å². The summed E-state index contributed by atoms with van der Waals surface area (Å²) in [5.74, 6) is -3.71. The number of aliphatic carboxylic acids is 1. The molecule has 0 aliphatic carbocycles. The van der Waals surface area contributed by atoms with E-state index in [4.69, 9.17) is 5.11 Å². The van der Waals surface area contributed by atoms with E-state index in [2.05, 4.69) is 5.32 Å². The molecule has 1 amide bonds. The first kappa shape index (κ1) is 15.9. The third-order valence-corrected chi connectivity index (χ3v) is 3.69. The zero-order chi connectivity index (χ0) is 13.6. The van der Waals surface area contributed by atoms with Crippen LogP contribution in [0.5, 0.6) is 0 Å². The van der Waals surface area contributed by atoms with E-state index in [1.165, 1.54) is 6.92 Å². The third kappa shape index (κ3) is 7.73. The highest BCUT2D eigenvalue weighted by Gasteiger charge is 2.23. The molecular weight excluding hydrogens is 246 g/mol. The first-order valence-electron chi connectivity index (χ1n) is 5.34. The number of sulfone groups is 1. The molecule has 0 saturated heterocycles. The molecule has 6 nitrogen and oxygen atoms in total. The number of hydrogen-bond acceptors (Lipinski definition) is 4. The van der Waals surface area contributed by atoms with Gasteiger partial charge in [0.2, 0.25) is 5.91 Å². The molecule has 100 valence electrons. The van der Waals surface area contributed by atoms with E-state index >= 15 is 0 Å². The summed E-state index contributed by atoms with van der Waals surface area (Å²) in [4.78, 5) is 21.8. The Bertz CT molecular complexity index is 374. The van der Waals surface area contributed by atoms with Gasteiger partial charge < -0.3 is 10.4 Å². The Balaban J connectivity index is 4.26. The van der Waals surface area contributed by atoms with Crippen LogP contribution in [0, 0.1) is 11.8 Å². The first-order valence-corrected chi connectivity index (χ1v) is 7.16. The summed E-state index contributed by atoms with van der Waals surface area (Å²) in [5, 5.41) is 11.1. The molecule has 0 aromatic heterocycles. The van der Waals surface area contributed by atoms with Gasteiger partial charge in [-0.3, -0.25) is 9.59 Å². The molecule has 2 N–H and O–H groups in total. The molecule has 17 heavy (non-hydrogen) atoms. The Morgan fingerprint density at radius 2 is 1.76 bits per heavy atom. The summed E-state index contributed by atoms with van der Waals surface area (Å²) < 4.78 is 23.0. The average Bonchev–Trinajstić information content (AvgIpc) is 2.12. The van der Waals surface area contributed by atoms with Crippen LogP contribution in [0.3, 0.4) is 0 Å². The summed E-state index contributed by atoms with van der Waals surface area (Å²) in [6, 6.07) is 0. The summed E-state index contributed by atoms with van der Waals surface area (Å²) >= 11 is 0. The fourth-order valence-corrected chi connectivity index (χ4v) is 2.60. The summed E-state index contributed by atoms with van der Waals surface area (Å²) in [5.41, 5.74) is 0. The first-order chi connectivity index (χ1) is 7.64. The smallest absolute Gasteiger partial charge is 0.307 e. The Morgan fingerprint density at radius 1 is 1.24 bits per heavy atom. The molecule has 0 fully saturated rings. The van der Waals surface area contributed by atoms with Crippen molar-refractivity contribution in [2.75, 3.05) is 18.1 Å². The van der Waals surface area contributed by atoms with Crippen molar-refractivity contribution in [1.82, 2.24) is 5.32 Å². The molecule has 7 heteroatoms. The fourth-order valence-electron chi connectivity index (χ4n) is 1.08. The molecule has 0 saturated carbocycles. The quantitative estimate of drug-likeness (QED) is 0.669. The van der Waals surface area contributed by atoms with Crippen molar-refractivity contribution in [3.05, 3.63) is 0 Å². The monoisotopic (exact) mass is 265 g/mol. The maximum atomic E-state index is 11.5. The minimum atomic E-state index is -3.67. The molecule has 0 aromatic rings. The molecule has 0 bridgehead atoms. The van der Waals surface area contributed by atoms with Crippen molar-refractivity contribution < 1.29 is 23.1 Å². The van der Waals surface area contributed by atoms with Crippen molar-refractivity contribution in [2.24, 2.45) is 11.8 Å². The number of carboxylic acids is 1. The van der Waals surface area contributed by atoms with E-state index in [1.807, 2.05) is 13.8 Å². The molecule has 1 atom stereocenters. The van der Waals surface area contributed by atoms with Crippen LogP contribution < -0.4 is 5.32 Å². The van der Waals surface area contributed by atoms with Crippen LogP contribution in [0.4, 0.5) is 0 Å². The highest BCUT2D eigenvalue weighted by atomic mass is 32.2. The number of carbonyl (C=O) groups excluding carboxylic acids is 1. The Kier molecular flexibility index (Phi) is 6.15. The van der Waals surface area contributed by atoms with Gasteiger partial charge >= 0.3 is 5.97 Å². The second kappa shape index (κ2) is 6.58. The zero-order valence-corrected chi connectivity index (χ0v) is 11.1. The van der Waals surface area contributed by atoms with Crippen molar-refractivity contribution >= 4 is 21.7 Å². The van der Waals surface area contributed by atoms with Gasteiger partial charge in [0.15, 0.2) is 9.84 Å². The van der Waals surface area contributed by atoms with Crippen LogP contribution in [0.15, 0.2) is 0 Å². The predicted molar refractivity (Wildman–Crippen MR) is 63.3 cm³/mol. The average molecular weight is 265 g/mol. The number of nitrogens with one attached hydrogen (secondary N) is 1. The molecule has 0 spiro atoms. The fraction of sp³-hybridized carbons (Fsp3) is 0.800. The lowest BCUT2D eigenvalue weighted by atomic mass is 10.2. The second-order valence-corrected chi connectivity index (χ2v) is 6.60. The number of rotatable bonds is 7. The molecule has 1 unspecified atom stereocenters. The second-order valence-electron chi connectivity index (χ2n) is 4.49. The maximum absolute atomic E-state index is 11.5. The van der Waals surface area contributed by atoms with Gasteiger partial charge in [-0.25, -0.2) is 8.42 Å². The van der Waals surface area contributed by atoms with Gasteiger partial charge in [0.1, 0.15) is 5.75 Å². The van der Waals surface area contributed by atoms with Gasteiger partial charge in [0.05, 0.1) is 11.7 Å². The van der Waals surface area contributed by atoms with E-state index in [0.717, 1.165) is 0 Å². The standard InChI is InChI=1S/C10H19NO5S/c1-7(2)4-11-9(12)6-17(15,16)5-8(3)10(13)14/h7-8H,4-6H2,1-3H3,(H,11,12)(H,13,14). The molecule has 0 aliphatic rings. The number of carbonyl (C=O) groups is 2. The lowest BCUT2D eigenvalue weighted by Gasteiger charge is -2.09. The zero-order valence-electron chi connectivity index (χ0n) is 10.3. The van der Waals surface area contributed by atoms with Crippen LogP contribution in [0.2, 0.25) is 0 Å². The predicted octanol–water partition coefficient (Wildman–Crippen LogP) is -0.106. The summed E-state index contributed by atoms with van der Waals surface area (Å²) in [7, 11) is -3.67. The van der Waals surface area contributed by atoms with E-state index < -0.39 is 39.1 Å². The van der Waals surface area contributed by atoms with Gasteiger partial charge in [-0.05, 0) is 5.92 Å². The topological polar surface area (TPSA) is 101 Å². The van der Waals surface area contributed by atoms with E-state index in [9.17, 15) is 18.0 Å². The Labute approximate surface area is 101 Å². The molecular formula is C10H19NO5S. The molecule has 0 aromatic carbocycles. The SMILES string of the molecule is CC(C)CNC(=O)CS(=O)(=O)CC(C)C(=O)O. The third-order valence-electron chi connectivity index (χ3n) is 1.98. The van der Waals surface area contributed by atoms with Crippen molar-refractivity contribution in [1.29, 1.82) is 0 Å². The Hall–Kier alpha value is -1.11. The maximum Gasteiger partial charge on any atom is 0.307 e. The Morgan fingerprint density at radius 3 is 2.18 bits per heavy atom. The lowest BCUT2D eigenvalue weighted by molar-refractivity contribution is -0.140. The van der Waals surface area contributed by atoms with Crippen LogP contribution >= 0.6 is 0 Å². The van der Waals surface area contributed by atoms with Crippen LogP contribution in [-0.2, 0) is 19.4 Å². The largest absolute Gasteiger partial charge is 0.481 e. The normalized spacial score (nSPS) is 13.4. The van der Waals surface area contributed by atoms with Crippen molar-refractivity contribution in [2.45, 2.75) is 20.8 Å². The number of hydrogen-bond donors (Lipinski definition) is 2. The van der Waals surface area contributed by atoms with Crippen LogP contribution in [0.25, 0.3) is 0 Å². The van der Waals surface area contributed by atoms with Gasteiger partial charge in [-0.2, -0.15) is 0 Å². The minimum Gasteiger partial charge on any atom is -0.481 e. The van der Waals surface area contributed by atoms with Gasteiger partial charge in [-0.15, -0.1) is 0 Å². The number of amides is 1. The molecule has 0 aliphatic heterocycles. The van der Waals surface area contributed by atoms with Gasteiger partial charge in [0.25, 0.3) is 0 Å². The summed E-state index contributed by atoms with van der Waals surface area (Å²) in [6.07, 6.45) is 0. The van der Waals surface area contributed by atoms with Gasteiger partial charge in [0, 0.05) is 6.54 Å². The lowest BCUT2D eigenvalue weighted by Crippen LogP contribution is -2.35. The van der Waals surface area contributed by atoms with Crippen LogP contribution in [0.1, 0.15) is 20.8 Å². The number of carboxylic acid groups (broad SMARTS) is 1. The highest BCUT2D eigenvalue weighted by Crippen LogP contribution is 2.02. The molecule has 0 heterocycles. The van der Waals surface area contributed by atoms with Crippen molar-refractivity contribution in [3.8, 4) is 0 Å². The van der Waals surface area contributed by atoms with E-state index in [1.54, 1.807) is 0 Å². The van der Waals surface area contributed by atoms with Crippen LogP contribution in [-0.4, -0.2) is 43.5 Å². The highest BCUT2D eigenvalue weighted by molar-refractivity contribution is 7.92. The molecule has 0 radical (unpaired) electrons. The van der Waals surface area contributed by atoms with Crippen molar-refractivity contribution in [3.63, 3.8) is 0 Å². The molecule has 0 rings (SSSR count). The van der Waals surface area contributed by atoms with E-state index in [-0.39, 0.29) is 5.92 Å². The summed E-state index contributed by atoms with van der Waals surface area (Å²) in [6.45, 7) is 5.48.